The first-order valence-corrected chi connectivity index (χ1v) is 21.4. The number of carbonyl (C=O) groups is 2. The van der Waals surface area contributed by atoms with Gasteiger partial charge in [-0.2, -0.15) is 0 Å². The number of nitrogens with zero attached hydrogens (tertiary/aromatic N) is 1. The molecule has 3 saturated heterocycles. The van der Waals surface area contributed by atoms with E-state index in [1.54, 1.807) is 21.3 Å². The molecule has 17 atom stereocenters. The Kier molecular flexibility index (Phi) is 13.3. The van der Waals surface area contributed by atoms with Crippen molar-refractivity contribution in [2.75, 3.05) is 35.4 Å². The van der Waals surface area contributed by atoms with Crippen LogP contribution in [0.2, 0.25) is 0 Å². The maximum Gasteiger partial charge on any atom is 0.306 e. The Bertz CT molecular complexity index is 1410. The Labute approximate surface area is 329 Å². The maximum atomic E-state index is 14.8. The van der Waals surface area contributed by atoms with E-state index in [1.807, 2.05) is 13.8 Å². The number of esters is 1. The smallest absolute Gasteiger partial charge is 0.306 e. The zero-order valence-corrected chi connectivity index (χ0v) is 34.9. The van der Waals surface area contributed by atoms with Crippen LogP contribution in [0.1, 0.15) is 98.3 Å². The molecule has 0 unspecified atom stereocenters. The summed E-state index contributed by atoms with van der Waals surface area (Å²) in [7, 11) is 9.20. The van der Waals surface area contributed by atoms with Crippen LogP contribution in [-0.4, -0.2) is 120 Å². The van der Waals surface area contributed by atoms with Gasteiger partial charge in [0.2, 0.25) is 0 Å². The summed E-state index contributed by atoms with van der Waals surface area (Å²) in [6, 6.07) is 0.340. The van der Waals surface area contributed by atoms with Crippen LogP contribution in [0, 0.1) is 41.4 Å². The largest absolute Gasteiger partial charge is 0.462 e. The minimum absolute atomic E-state index is 0.0396. The van der Waals surface area contributed by atoms with Crippen molar-refractivity contribution < 1.29 is 47.5 Å². The molecule has 11 nitrogen and oxygen atoms in total. The minimum Gasteiger partial charge on any atom is -0.462 e. The van der Waals surface area contributed by atoms with E-state index in [2.05, 4.69) is 45.0 Å². The van der Waals surface area contributed by atoms with Gasteiger partial charge in [-0.1, -0.05) is 31.1 Å². The van der Waals surface area contributed by atoms with Gasteiger partial charge in [-0.15, -0.1) is 0 Å². The van der Waals surface area contributed by atoms with Gasteiger partial charge >= 0.3 is 5.97 Å². The topological polar surface area (TPSA) is 111 Å². The number of allylic oxidation sites excluding steroid dienone is 4. The fourth-order valence-electron chi connectivity index (χ4n) is 11.6. The van der Waals surface area contributed by atoms with Crippen molar-refractivity contribution >= 4 is 11.8 Å². The van der Waals surface area contributed by atoms with Crippen LogP contribution in [0.5, 0.6) is 0 Å². The summed E-state index contributed by atoms with van der Waals surface area (Å²) in [5.41, 5.74) is 2.10. The maximum absolute atomic E-state index is 14.8. The summed E-state index contributed by atoms with van der Waals surface area (Å²) in [6.07, 6.45) is 11.5. The van der Waals surface area contributed by atoms with Crippen molar-refractivity contribution in [3.63, 3.8) is 0 Å². The molecule has 11 heteroatoms. The van der Waals surface area contributed by atoms with Crippen LogP contribution in [0.3, 0.4) is 0 Å². The molecular formula is C44H69NO10. The van der Waals surface area contributed by atoms with E-state index in [9.17, 15) is 9.59 Å². The molecule has 0 amide bonds. The minimum atomic E-state index is -0.596. The molecule has 4 aliphatic carbocycles. The summed E-state index contributed by atoms with van der Waals surface area (Å²) in [5.74, 6) is 0.518. The third kappa shape index (κ3) is 8.43. The molecular weight excluding hydrogens is 702 g/mol. The van der Waals surface area contributed by atoms with Gasteiger partial charge in [0.1, 0.15) is 24.4 Å². The van der Waals surface area contributed by atoms with Gasteiger partial charge in [0.05, 0.1) is 30.8 Å². The first-order chi connectivity index (χ1) is 26.4. The molecule has 0 aromatic rings. The Hall–Kier alpha value is -1.70. The van der Waals surface area contributed by atoms with Crippen molar-refractivity contribution in [1.29, 1.82) is 0 Å². The van der Waals surface area contributed by atoms with Crippen LogP contribution < -0.4 is 0 Å². The van der Waals surface area contributed by atoms with Gasteiger partial charge < -0.3 is 42.8 Å². The lowest BCUT2D eigenvalue weighted by Crippen LogP contribution is -2.59. The van der Waals surface area contributed by atoms with Crippen molar-refractivity contribution in [3.05, 3.63) is 23.3 Å². The second-order valence-corrected chi connectivity index (χ2v) is 18.2. The number of ketones is 1. The van der Waals surface area contributed by atoms with E-state index in [1.165, 1.54) is 12.0 Å². The molecule has 3 aliphatic heterocycles. The molecule has 0 spiro atoms. The Morgan fingerprint density at radius 1 is 0.745 bits per heavy atom. The van der Waals surface area contributed by atoms with Crippen molar-refractivity contribution in [2.45, 2.75) is 166 Å². The van der Waals surface area contributed by atoms with Crippen LogP contribution in [0.15, 0.2) is 23.3 Å². The quantitative estimate of drug-likeness (QED) is 0.196. The molecule has 0 N–H and O–H groups in total. The lowest BCUT2D eigenvalue weighted by atomic mass is 9.67. The summed E-state index contributed by atoms with van der Waals surface area (Å²) >= 11 is 0. The summed E-state index contributed by atoms with van der Waals surface area (Å²) in [6.45, 7) is 8.36. The van der Waals surface area contributed by atoms with Gasteiger partial charge in [0.25, 0.3) is 0 Å². The molecule has 310 valence electrons. The summed E-state index contributed by atoms with van der Waals surface area (Å²) < 4.78 is 50.2. The van der Waals surface area contributed by atoms with E-state index in [-0.39, 0.29) is 96.8 Å². The second-order valence-electron chi connectivity index (χ2n) is 18.2. The van der Waals surface area contributed by atoms with Crippen LogP contribution in [0.25, 0.3) is 0 Å². The highest BCUT2D eigenvalue weighted by molar-refractivity contribution is 5.99. The predicted octanol–water partition coefficient (Wildman–Crippen LogP) is 6.27. The number of fused-ring (bicyclic) bond motifs is 5. The number of rotatable bonds is 9. The summed E-state index contributed by atoms with van der Waals surface area (Å²) in [5, 5.41) is 0. The number of Topliss-reactive ketones (excluding diaryl/α,β-unsaturated/α-hetero) is 1. The first kappa shape index (κ1) is 41.5. The van der Waals surface area contributed by atoms with Gasteiger partial charge in [-0.3, -0.25) is 9.59 Å². The molecule has 2 saturated carbocycles. The van der Waals surface area contributed by atoms with Gasteiger partial charge in [-0.25, -0.2) is 0 Å². The molecule has 5 fully saturated rings. The molecule has 7 aliphatic rings. The number of cyclic esters (lactones) is 1. The number of likely N-dealkylation sites (N-methyl/N-ethyl adjacent to an activating group) is 1. The normalized spacial score (nSPS) is 45.7. The number of ether oxygens (including phenoxy) is 8. The Balaban J connectivity index is 1.12. The SMILES string of the molecule is CO[C@@H]1[C@@H](OC)[C@H](C)O[C@@H](O[C@@H]2C[C@H]3[C@@H]4C=C5C(=O)[C@H](C)[C@@H](O[C@H]6CC[C@H](N(C)C)[C@@H](C)O6)CCC[C@H](C6CCC6)OC(=O)C[C@H]5[C@@H]4C=C(C)[C@@H]3C2)[C@@H]1OC. The van der Waals surface area contributed by atoms with Gasteiger partial charge in [0.15, 0.2) is 18.4 Å². The lowest BCUT2D eigenvalue weighted by molar-refractivity contribution is -0.314. The van der Waals surface area contributed by atoms with E-state index < -0.39 is 12.4 Å². The zero-order valence-electron chi connectivity index (χ0n) is 34.9. The highest BCUT2D eigenvalue weighted by Crippen LogP contribution is 2.56. The number of hydrogen-bond donors (Lipinski definition) is 0. The average molecular weight is 772 g/mol. The van der Waals surface area contributed by atoms with Crippen LogP contribution in [0.4, 0.5) is 0 Å². The zero-order chi connectivity index (χ0) is 39.1. The molecule has 3 heterocycles. The third-order valence-corrected chi connectivity index (χ3v) is 14.8. The molecule has 55 heavy (non-hydrogen) atoms. The molecule has 0 radical (unpaired) electrons. The highest BCUT2D eigenvalue weighted by atomic mass is 16.7. The van der Waals surface area contributed by atoms with Crippen molar-refractivity contribution in [1.82, 2.24) is 4.90 Å². The number of hydrogen-bond acceptors (Lipinski definition) is 11. The highest BCUT2D eigenvalue weighted by Gasteiger charge is 2.54. The number of carbonyl (C=O) groups excluding carboxylic acids is 2. The average Bonchev–Trinajstić information content (AvgIpc) is 3.70. The lowest BCUT2D eigenvalue weighted by Gasteiger charge is -2.44. The predicted molar refractivity (Wildman–Crippen MR) is 206 cm³/mol. The monoisotopic (exact) mass is 771 g/mol. The molecule has 0 bridgehead atoms. The third-order valence-electron chi connectivity index (χ3n) is 14.8. The standard InChI is InChI=1S/C44H69NO10/c1-23-18-30-32(31-20-28(19-29(23)31)53-44-43(50-9)42(49-8)41(48-7)26(4)52-44)21-34-33(30)22-38(46)54-37(27-12-10-13-27)15-11-14-36(24(2)40(34)47)55-39-17-16-35(45(5)6)25(3)51-39/h18,21,24-33,35-37,39,41-44H,10-17,19-20,22H2,1-9H3/t24-,25-,26+,28+,29+,30-,31-,32-,33+,35+,36+,37-,39+,41+,42-,43-,44+/m1/s1. The van der Waals surface area contributed by atoms with E-state index >= 15 is 0 Å². The van der Waals surface area contributed by atoms with Crippen molar-refractivity contribution in [2.24, 2.45) is 41.4 Å². The van der Waals surface area contributed by atoms with E-state index in [0.29, 0.717) is 17.9 Å². The van der Waals surface area contributed by atoms with Gasteiger partial charge in [0, 0.05) is 39.2 Å². The molecule has 0 aromatic carbocycles. The summed E-state index contributed by atoms with van der Waals surface area (Å²) in [4.78, 5) is 30.9. The Morgan fingerprint density at radius 2 is 1.47 bits per heavy atom. The molecule has 0 aromatic heterocycles. The van der Waals surface area contributed by atoms with E-state index in [4.69, 9.17) is 37.9 Å². The van der Waals surface area contributed by atoms with Gasteiger partial charge in [-0.05, 0) is 128 Å². The Morgan fingerprint density at radius 3 is 2.13 bits per heavy atom. The fourth-order valence-corrected chi connectivity index (χ4v) is 11.6. The van der Waals surface area contributed by atoms with Crippen LogP contribution >= 0.6 is 0 Å². The van der Waals surface area contributed by atoms with Crippen LogP contribution in [-0.2, 0) is 47.5 Å². The molecule has 7 rings (SSSR count). The fraction of sp³-hybridized carbons (Fsp3) is 0.864. The number of methoxy groups -OCH3 is 3. The second kappa shape index (κ2) is 17.7. The first-order valence-electron chi connectivity index (χ1n) is 21.4. The van der Waals surface area contributed by atoms with Crippen molar-refractivity contribution in [3.8, 4) is 0 Å². The van der Waals surface area contributed by atoms with E-state index in [0.717, 1.165) is 63.4 Å².